The minimum atomic E-state index is 0.0151. The Morgan fingerprint density at radius 2 is 1.76 bits per heavy atom. The molecule has 1 aliphatic rings. The highest BCUT2D eigenvalue weighted by molar-refractivity contribution is 5.91. The summed E-state index contributed by atoms with van der Waals surface area (Å²) in [7, 11) is 0. The van der Waals surface area contributed by atoms with Crippen LogP contribution in [0, 0.1) is 0 Å². The summed E-state index contributed by atoms with van der Waals surface area (Å²) < 4.78 is 5.43. The first-order valence-corrected chi connectivity index (χ1v) is 9.56. The molecule has 0 radical (unpaired) electrons. The van der Waals surface area contributed by atoms with Crippen molar-refractivity contribution in [2.24, 2.45) is 0 Å². The largest absolute Gasteiger partial charge is 0.361 e. The average Bonchev–Trinajstić information content (AvgIpc) is 3.10. The summed E-state index contributed by atoms with van der Waals surface area (Å²) in [5.74, 6) is 1.12. The van der Waals surface area contributed by atoms with Gasteiger partial charge in [0.1, 0.15) is 5.76 Å². The second-order valence-electron chi connectivity index (χ2n) is 5.70. The molecule has 1 aromatic carbocycles. The molecule has 4 heteroatoms. The van der Waals surface area contributed by atoms with Crippen molar-refractivity contribution in [1.82, 2.24) is 5.16 Å². The molecule has 1 N–H and O–H groups in total. The van der Waals surface area contributed by atoms with Gasteiger partial charge in [0.2, 0.25) is 5.91 Å². The van der Waals surface area contributed by atoms with E-state index in [2.05, 4.69) is 10.5 Å². The third-order valence-corrected chi connectivity index (χ3v) is 4.00. The molecule has 25 heavy (non-hydrogen) atoms. The van der Waals surface area contributed by atoms with Gasteiger partial charge in [-0.2, -0.15) is 0 Å². The van der Waals surface area contributed by atoms with Crippen LogP contribution < -0.4 is 5.32 Å². The molecule has 138 valence electrons. The number of anilines is 1. The number of carbonyl (C=O) groups excluding carboxylic acids is 1. The number of aromatic nitrogens is 1. The molecule has 1 amide bonds. The maximum Gasteiger partial charge on any atom is 0.225 e. The van der Waals surface area contributed by atoms with Gasteiger partial charge in [0, 0.05) is 30.0 Å². The van der Waals surface area contributed by atoms with Crippen molar-refractivity contribution < 1.29 is 9.32 Å². The summed E-state index contributed by atoms with van der Waals surface area (Å²) in [5, 5.41) is 7.12. The molecular weight excluding hydrogens is 312 g/mol. The van der Waals surface area contributed by atoms with Crippen molar-refractivity contribution in [1.29, 1.82) is 0 Å². The lowest BCUT2D eigenvalue weighted by Crippen LogP contribution is -2.15. The first-order chi connectivity index (χ1) is 12.2. The van der Waals surface area contributed by atoms with Gasteiger partial charge in [0.25, 0.3) is 0 Å². The van der Waals surface area contributed by atoms with Crippen LogP contribution >= 0.6 is 0 Å². The van der Waals surface area contributed by atoms with E-state index in [0.717, 1.165) is 30.0 Å². The van der Waals surface area contributed by atoms with Crippen LogP contribution in [0.1, 0.15) is 76.8 Å². The van der Waals surface area contributed by atoms with Crippen LogP contribution in [0.4, 0.5) is 5.69 Å². The molecule has 0 saturated carbocycles. The number of rotatable bonds is 4. The number of amides is 1. The van der Waals surface area contributed by atoms with Crippen LogP contribution in [0.3, 0.4) is 0 Å². The fourth-order valence-corrected chi connectivity index (χ4v) is 2.90. The molecule has 1 aromatic heterocycles. The predicted molar refractivity (Wildman–Crippen MR) is 104 cm³/mol. The minimum absolute atomic E-state index is 0.0151. The minimum Gasteiger partial charge on any atom is -0.361 e. The van der Waals surface area contributed by atoms with Gasteiger partial charge in [0.15, 0.2) is 0 Å². The Hall–Kier alpha value is -2.10. The maximum absolute atomic E-state index is 12.1. The van der Waals surface area contributed by atoms with Crippen LogP contribution in [0.25, 0.3) is 0 Å². The van der Waals surface area contributed by atoms with Gasteiger partial charge in [-0.25, -0.2) is 0 Å². The number of nitrogens with zero attached hydrogens (tertiary/aromatic N) is 1. The van der Waals surface area contributed by atoms with E-state index in [1.165, 1.54) is 18.4 Å². The van der Waals surface area contributed by atoms with E-state index in [1.54, 1.807) is 0 Å². The zero-order chi connectivity index (χ0) is 18.7. The smallest absolute Gasteiger partial charge is 0.225 e. The van der Waals surface area contributed by atoms with E-state index >= 15 is 0 Å². The molecule has 0 fully saturated rings. The first-order valence-electron chi connectivity index (χ1n) is 9.56. The quantitative estimate of drug-likeness (QED) is 0.769. The highest BCUT2D eigenvalue weighted by Gasteiger charge is 2.24. The predicted octanol–water partition coefficient (Wildman–Crippen LogP) is 5.74. The second-order valence-corrected chi connectivity index (χ2v) is 5.70. The third-order valence-electron chi connectivity index (χ3n) is 4.00. The second kappa shape index (κ2) is 11.5. The van der Waals surface area contributed by atoms with Crippen LogP contribution in [0.15, 0.2) is 34.9 Å². The number of hydrogen-bond acceptors (Lipinski definition) is 3. The van der Waals surface area contributed by atoms with E-state index < -0.39 is 0 Å². The Kier molecular flexibility index (Phi) is 9.60. The molecule has 0 bridgehead atoms. The maximum atomic E-state index is 12.1. The normalized spacial score (nSPS) is 13.3. The van der Waals surface area contributed by atoms with Gasteiger partial charge in [0.05, 0.1) is 5.69 Å². The molecule has 0 saturated heterocycles. The first kappa shape index (κ1) is 20.9. The van der Waals surface area contributed by atoms with Crippen LogP contribution in [0.5, 0.6) is 0 Å². The van der Waals surface area contributed by atoms with Crippen molar-refractivity contribution in [2.45, 2.75) is 72.6 Å². The van der Waals surface area contributed by atoms with E-state index in [1.807, 2.05) is 65.0 Å². The number of nitrogens with one attached hydrogen (secondary N) is 1. The molecule has 3 rings (SSSR count). The van der Waals surface area contributed by atoms with Crippen molar-refractivity contribution in [2.75, 3.05) is 5.32 Å². The molecule has 1 heterocycles. The Morgan fingerprint density at radius 3 is 2.44 bits per heavy atom. The summed E-state index contributed by atoms with van der Waals surface area (Å²) >= 11 is 0. The molecule has 1 atom stereocenters. The average molecular weight is 344 g/mol. The number of benzene rings is 1. The lowest BCUT2D eigenvalue weighted by atomic mass is 9.91. The zero-order valence-electron chi connectivity index (χ0n) is 16.3. The molecule has 4 nitrogen and oxygen atoms in total. The van der Waals surface area contributed by atoms with E-state index in [-0.39, 0.29) is 11.8 Å². The van der Waals surface area contributed by atoms with Crippen molar-refractivity contribution in [3.05, 3.63) is 47.3 Å². The van der Waals surface area contributed by atoms with E-state index in [4.69, 9.17) is 4.52 Å². The van der Waals surface area contributed by atoms with Crippen LogP contribution in [-0.2, 0) is 17.6 Å². The van der Waals surface area contributed by atoms with Crippen molar-refractivity contribution in [3.63, 3.8) is 0 Å². The molecular formula is C21H32N2O2. The summed E-state index contributed by atoms with van der Waals surface area (Å²) in [6.45, 7) is 10.0. The standard InChI is InChI=1S/C17H20N2O2.2C2H6/c1-12(11-16(20)18-13-7-3-2-4-8-13)17-14-9-5-6-10-15(14)21-19-17;2*1-2/h2-4,7-8,12H,5-6,9-11H2,1H3,(H,18,20);2*1-2H3/t12-;;/m0../s1. The Balaban J connectivity index is 0.000000730. The van der Waals surface area contributed by atoms with E-state index in [0.29, 0.717) is 6.42 Å². The summed E-state index contributed by atoms with van der Waals surface area (Å²) in [4.78, 5) is 12.1. The molecule has 2 aromatic rings. The molecule has 0 spiro atoms. The van der Waals surface area contributed by atoms with Gasteiger partial charge < -0.3 is 9.84 Å². The highest BCUT2D eigenvalue weighted by Crippen LogP contribution is 2.30. The summed E-state index contributed by atoms with van der Waals surface area (Å²) in [5.41, 5.74) is 3.03. The summed E-state index contributed by atoms with van der Waals surface area (Å²) in [6.07, 6.45) is 4.78. The monoisotopic (exact) mass is 344 g/mol. The number of aryl methyl sites for hydroxylation is 1. The lowest BCUT2D eigenvalue weighted by molar-refractivity contribution is -0.116. The van der Waals surface area contributed by atoms with Gasteiger partial charge >= 0.3 is 0 Å². The fourth-order valence-electron chi connectivity index (χ4n) is 2.90. The number of para-hydroxylation sites is 1. The van der Waals surface area contributed by atoms with Gasteiger partial charge in [-0.05, 0) is 31.4 Å². The number of hydrogen-bond donors (Lipinski definition) is 1. The van der Waals surface area contributed by atoms with Gasteiger partial charge in [-0.15, -0.1) is 0 Å². The number of fused-ring (bicyclic) bond motifs is 1. The topological polar surface area (TPSA) is 55.1 Å². The van der Waals surface area contributed by atoms with Crippen LogP contribution in [0.2, 0.25) is 0 Å². The fraction of sp³-hybridized carbons (Fsp3) is 0.524. The molecule has 0 aliphatic heterocycles. The van der Waals surface area contributed by atoms with Crippen LogP contribution in [-0.4, -0.2) is 11.1 Å². The Labute approximate surface area is 152 Å². The summed E-state index contributed by atoms with van der Waals surface area (Å²) in [6, 6.07) is 9.53. The van der Waals surface area contributed by atoms with E-state index in [9.17, 15) is 4.79 Å². The SMILES string of the molecule is CC.CC.C[C@@H](CC(=O)Nc1ccccc1)c1noc2c1CCCC2. The Bertz CT molecular complexity index is 620. The number of carbonyl (C=O) groups is 1. The Morgan fingerprint density at radius 1 is 1.12 bits per heavy atom. The van der Waals surface area contributed by atoms with Gasteiger partial charge in [-0.3, -0.25) is 4.79 Å². The van der Waals surface area contributed by atoms with Gasteiger partial charge in [-0.1, -0.05) is 58.0 Å². The lowest BCUT2D eigenvalue weighted by Gasteiger charge is -2.13. The van der Waals surface area contributed by atoms with Crippen molar-refractivity contribution in [3.8, 4) is 0 Å². The molecule has 0 unspecified atom stereocenters. The molecule has 1 aliphatic carbocycles. The highest BCUT2D eigenvalue weighted by atomic mass is 16.5. The third kappa shape index (κ3) is 6.04. The van der Waals surface area contributed by atoms with Crippen molar-refractivity contribution >= 4 is 11.6 Å². The zero-order valence-corrected chi connectivity index (χ0v) is 16.3.